The van der Waals surface area contributed by atoms with Gasteiger partial charge < -0.3 is 10.2 Å². The van der Waals surface area contributed by atoms with Crippen molar-refractivity contribution in [3.8, 4) is 0 Å². The Hall–Kier alpha value is -0.930. The van der Waals surface area contributed by atoms with Crippen LogP contribution in [-0.2, 0) is 6.54 Å². The lowest BCUT2D eigenvalue weighted by molar-refractivity contribution is 0.305. The van der Waals surface area contributed by atoms with E-state index in [-0.39, 0.29) is 5.82 Å². The lowest BCUT2D eigenvalue weighted by atomic mass is 10.1. The van der Waals surface area contributed by atoms with Gasteiger partial charge in [0.25, 0.3) is 0 Å². The van der Waals surface area contributed by atoms with Crippen LogP contribution in [0.25, 0.3) is 0 Å². The summed E-state index contributed by atoms with van der Waals surface area (Å²) in [7, 11) is 2.13. The molecular weight excluding hydrogens is 227 g/mol. The molecule has 1 atom stereocenters. The van der Waals surface area contributed by atoms with Crippen LogP contribution in [0.1, 0.15) is 30.4 Å². The quantitative estimate of drug-likeness (QED) is 0.864. The van der Waals surface area contributed by atoms with Gasteiger partial charge in [0.1, 0.15) is 5.82 Å². The summed E-state index contributed by atoms with van der Waals surface area (Å²) in [4.78, 5) is 2.31. The van der Waals surface area contributed by atoms with Crippen LogP contribution < -0.4 is 5.32 Å². The van der Waals surface area contributed by atoms with Crippen LogP contribution in [0.15, 0.2) is 18.2 Å². The summed E-state index contributed by atoms with van der Waals surface area (Å²) in [5.74, 6) is -0.114. The van der Waals surface area contributed by atoms with Crippen LogP contribution in [-0.4, -0.2) is 31.1 Å². The highest BCUT2D eigenvalue weighted by Gasteiger charge is 2.14. The van der Waals surface area contributed by atoms with E-state index in [1.54, 1.807) is 6.07 Å². The lowest BCUT2D eigenvalue weighted by Crippen LogP contribution is -2.28. The zero-order valence-electron chi connectivity index (χ0n) is 11.4. The van der Waals surface area contributed by atoms with E-state index in [2.05, 4.69) is 17.3 Å². The van der Waals surface area contributed by atoms with Gasteiger partial charge in [-0.15, -0.1) is 0 Å². The van der Waals surface area contributed by atoms with E-state index < -0.39 is 0 Å². The van der Waals surface area contributed by atoms with Crippen LogP contribution in [0.4, 0.5) is 4.39 Å². The first-order valence-corrected chi connectivity index (χ1v) is 6.82. The Bertz CT molecular complexity index is 386. The fourth-order valence-corrected chi connectivity index (χ4v) is 2.58. The molecule has 0 aromatic heterocycles. The van der Waals surface area contributed by atoms with E-state index in [4.69, 9.17) is 0 Å². The van der Waals surface area contributed by atoms with Gasteiger partial charge in [-0.05, 0) is 63.5 Å². The molecule has 1 heterocycles. The maximum atomic E-state index is 13.2. The van der Waals surface area contributed by atoms with Crippen molar-refractivity contribution in [3.05, 3.63) is 35.1 Å². The molecule has 1 saturated heterocycles. The number of benzene rings is 1. The van der Waals surface area contributed by atoms with Gasteiger partial charge in [-0.1, -0.05) is 12.1 Å². The van der Waals surface area contributed by atoms with Crippen molar-refractivity contribution in [2.24, 2.45) is 0 Å². The summed E-state index contributed by atoms with van der Waals surface area (Å²) in [5, 5.41) is 3.52. The monoisotopic (exact) mass is 250 g/mol. The number of hydrogen-bond donors (Lipinski definition) is 1. The molecule has 1 aromatic rings. The maximum Gasteiger partial charge on any atom is 0.126 e. The molecule has 1 aliphatic heterocycles. The Labute approximate surface area is 109 Å². The number of halogens is 1. The zero-order valence-corrected chi connectivity index (χ0v) is 11.4. The van der Waals surface area contributed by atoms with Crippen molar-refractivity contribution in [1.29, 1.82) is 0 Å². The first kappa shape index (κ1) is 13.5. The summed E-state index contributed by atoms with van der Waals surface area (Å²) < 4.78 is 13.2. The topological polar surface area (TPSA) is 15.3 Å². The average Bonchev–Trinajstić information content (AvgIpc) is 2.84. The Morgan fingerprint density at radius 2 is 2.28 bits per heavy atom. The van der Waals surface area contributed by atoms with Crippen LogP contribution in [0.3, 0.4) is 0 Å². The third-order valence-corrected chi connectivity index (χ3v) is 3.70. The third-order valence-electron chi connectivity index (χ3n) is 3.70. The van der Waals surface area contributed by atoms with Crippen LogP contribution >= 0.6 is 0 Å². The van der Waals surface area contributed by atoms with E-state index in [1.165, 1.54) is 31.4 Å². The number of nitrogens with zero attached hydrogens (tertiary/aromatic N) is 1. The van der Waals surface area contributed by atoms with Gasteiger partial charge in [0.2, 0.25) is 0 Å². The van der Waals surface area contributed by atoms with Crippen molar-refractivity contribution < 1.29 is 4.39 Å². The minimum atomic E-state index is -0.114. The van der Waals surface area contributed by atoms with Crippen molar-refractivity contribution in [2.45, 2.75) is 38.8 Å². The average molecular weight is 250 g/mol. The van der Waals surface area contributed by atoms with E-state index in [1.807, 2.05) is 19.1 Å². The van der Waals surface area contributed by atoms with E-state index in [9.17, 15) is 4.39 Å². The molecule has 0 aliphatic carbocycles. The standard InChI is InChI=1S/C15H23FN2/c1-12-10-13(5-6-15(12)16)11-18(2)9-7-14-4-3-8-17-14/h5-6,10,14,17H,3-4,7-9,11H2,1-2H3. The van der Waals surface area contributed by atoms with Crippen LogP contribution in [0, 0.1) is 12.7 Å². The number of aryl methyl sites for hydroxylation is 1. The molecule has 1 fully saturated rings. The molecule has 2 rings (SSSR count). The zero-order chi connectivity index (χ0) is 13.0. The van der Waals surface area contributed by atoms with Crippen molar-refractivity contribution >= 4 is 0 Å². The summed E-state index contributed by atoms with van der Waals surface area (Å²) in [6.07, 6.45) is 3.83. The first-order chi connectivity index (χ1) is 8.65. The molecule has 0 spiro atoms. The highest BCUT2D eigenvalue weighted by atomic mass is 19.1. The van der Waals surface area contributed by atoms with Gasteiger partial charge >= 0.3 is 0 Å². The van der Waals surface area contributed by atoms with Crippen molar-refractivity contribution in [2.75, 3.05) is 20.1 Å². The first-order valence-electron chi connectivity index (χ1n) is 6.82. The minimum Gasteiger partial charge on any atom is -0.314 e. The van der Waals surface area contributed by atoms with E-state index in [0.717, 1.165) is 18.7 Å². The molecule has 1 aromatic carbocycles. The lowest BCUT2D eigenvalue weighted by Gasteiger charge is -2.19. The van der Waals surface area contributed by atoms with E-state index >= 15 is 0 Å². The molecule has 18 heavy (non-hydrogen) atoms. The van der Waals surface area contributed by atoms with Gasteiger partial charge in [-0.3, -0.25) is 0 Å². The molecule has 1 aliphatic rings. The fourth-order valence-electron chi connectivity index (χ4n) is 2.58. The smallest absolute Gasteiger partial charge is 0.126 e. The van der Waals surface area contributed by atoms with E-state index in [0.29, 0.717) is 6.04 Å². The summed E-state index contributed by atoms with van der Waals surface area (Å²) in [6.45, 7) is 4.98. The minimum absolute atomic E-state index is 0.114. The maximum absolute atomic E-state index is 13.2. The van der Waals surface area contributed by atoms with Crippen LogP contribution in [0.2, 0.25) is 0 Å². The Morgan fingerprint density at radius 1 is 1.44 bits per heavy atom. The van der Waals surface area contributed by atoms with Gasteiger partial charge in [-0.25, -0.2) is 4.39 Å². The molecule has 0 radical (unpaired) electrons. The normalized spacial score (nSPS) is 19.7. The second-order valence-corrected chi connectivity index (χ2v) is 5.40. The van der Waals surface area contributed by atoms with Gasteiger partial charge in [0.15, 0.2) is 0 Å². The SMILES string of the molecule is Cc1cc(CN(C)CCC2CCCN2)ccc1F. The summed E-state index contributed by atoms with van der Waals surface area (Å²) in [6, 6.07) is 6.09. The highest BCUT2D eigenvalue weighted by Crippen LogP contribution is 2.13. The van der Waals surface area contributed by atoms with Gasteiger partial charge in [-0.2, -0.15) is 0 Å². The van der Waals surface area contributed by atoms with Gasteiger partial charge in [0, 0.05) is 12.6 Å². The molecule has 0 saturated carbocycles. The second-order valence-electron chi connectivity index (χ2n) is 5.40. The largest absolute Gasteiger partial charge is 0.314 e. The molecule has 1 unspecified atom stereocenters. The third kappa shape index (κ3) is 3.79. The number of rotatable bonds is 5. The molecule has 0 amide bonds. The Balaban J connectivity index is 1.78. The fraction of sp³-hybridized carbons (Fsp3) is 0.600. The molecular formula is C15H23FN2. The summed E-state index contributed by atoms with van der Waals surface area (Å²) >= 11 is 0. The highest BCUT2D eigenvalue weighted by molar-refractivity contribution is 5.23. The number of nitrogens with one attached hydrogen (secondary N) is 1. The predicted molar refractivity (Wildman–Crippen MR) is 73.1 cm³/mol. The van der Waals surface area contributed by atoms with Crippen LogP contribution in [0.5, 0.6) is 0 Å². The van der Waals surface area contributed by atoms with Gasteiger partial charge in [0.05, 0.1) is 0 Å². The van der Waals surface area contributed by atoms with Crippen molar-refractivity contribution in [1.82, 2.24) is 10.2 Å². The molecule has 1 N–H and O–H groups in total. The Kier molecular flexibility index (Phi) is 4.72. The summed E-state index contributed by atoms with van der Waals surface area (Å²) in [5.41, 5.74) is 1.93. The molecule has 100 valence electrons. The Morgan fingerprint density at radius 3 is 2.94 bits per heavy atom. The molecule has 2 nitrogen and oxygen atoms in total. The predicted octanol–water partition coefficient (Wildman–Crippen LogP) is 2.71. The second kappa shape index (κ2) is 6.30. The van der Waals surface area contributed by atoms with Crippen molar-refractivity contribution in [3.63, 3.8) is 0 Å². The molecule has 0 bridgehead atoms. The molecule has 3 heteroatoms. The number of hydrogen-bond acceptors (Lipinski definition) is 2.